The van der Waals surface area contributed by atoms with Gasteiger partial charge in [-0.25, -0.2) is 0 Å². The Labute approximate surface area is 58.7 Å². The lowest BCUT2D eigenvalue weighted by atomic mass is 10.4. The lowest BCUT2D eigenvalue weighted by molar-refractivity contribution is -0.150. The second-order valence-corrected chi connectivity index (χ2v) is 1.66. The maximum Gasteiger partial charge on any atom is 0.311 e. The molecular weight excluding hydrogens is 136 g/mol. The highest BCUT2D eigenvalue weighted by atomic mass is 16.5. The normalized spacial score (nSPS) is 9.50. The Balaban J connectivity index is 3.34. The first-order valence-electron chi connectivity index (χ1n) is 2.79. The fourth-order valence-corrected chi connectivity index (χ4v) is 0.360. The topological polar surface area (TPSA) is 66.8 Å². The minimum Gasteiger partial charge on any atom is -0.461 e. The van der Waals surface area contributed by atoms with Crippen LogP contribution in [0.4, 0.5) is 0 Å². The van der Waals surface area contributed by atoms with E-state index in [0.29, 0.717) is 0 Å². The summed E-state index contributed by atoms with van der Waals surface area (Å²) < 4.78 is 4.42. The van der Waals surface area contributed by atoms with E-state index >= 15 is 0 Å². The molecule has 0 unspecified atom stereocenters. The van der Waals surface area contributed by atoms with Gasteiger partial charge in [-0.3, -0.25) is 4.79 Å². The maximum absolute atomic E-state index is 10.4. The number of hydrogen-bond acceptors (Lipinski definition) is 4. The molecule has 0 bridgehead atoms. The lowest BCUT2D eigenvalue weighted by Gasteiger charge is -2.01. The highest BCUT2D eigenvalue weighted by molar-refractivity contribution is 5.69. The molecule has 0 aliphatic rings. The van der Waals surface area contributed by atoms with Crippen LogP contribution in [0, 0.1) is 0 Å². The van der Waals surface area contributed by atoms with Crippen LogP contribution >= 0.6 is 0 Å². The van der Waals surface area contributed by atoms with E-state index in [2.05, 4.69) is 11.3 Å². The van der Waals surface area contributed by atoms with E-state index in [-0.39, 0.29) is 6.61 Å². The first-order valence-corrected chi connectivity index (χ1v) is 2.79. The third kappa shape index (κ3) is 5.27. The van der Waals surface area contributed by atoms with Crippen molar-refractivity contribution >= 4 is 5.97 Å². The fourth-order valence-electron chi connectivity index (χ4n) is 0.360. The molecule has 0 fully saturated rings. The zero-order chi connectivity index (χ0) is 7.98. The molecule has 0 aromatic carbocycles. The number of hydrogen-bond donors (Lipinski definition) is 2. The molecule has 2 N–H and O–H groups in total. The summed E-state index contributed by atoms with van der Waals surface area (Å²) in [5, 5.41) is 16.5. The van der Waals surface area contributed by atoms with Gasteiger partial charge >= 0.3 is 5.97 Å². The number of rotatable bonds is 4. The van der Waals surface area contributed by atoms with Crippen molar-refractivity contribution in [2.24, 2.45) is 0 Å². The predicted molar refractivity (Wildman–Crippen MR) is 34.0 cm³/mol. The van der Waals surface area contributed by atoms with E-state index in [1.54, 1.807) is 0 Å². The summed E-state index contributed by atoms with van der Waals surface area (Å²) >= 11 is 0. The van der Waals surface area contributed by atoms with Crippen molar-refractivity contribution in [1.29, 1.82) is 0 Å². The fraction of sp³-hybridized carbons (Fsp3) is 0.500. The van der Waals surface area contributed by atoms with Gasteiger partial charge in [0.15, 0.2) is 6.29 Å². The Hall–Kier alpha value is -0.870. The van der Waals surface area contributed by atoms with Gasteiger partial charge in [0, 0.05) is 0 Å². The van der Waals surface area contributed by atoms with E-state index in [1.165, 1.54) is 6.08 Å². The van der Waals surface area contributed by atoms with Crippen molar-refractivity contribution in [1.82, 2.24) is 0 Å². The van der Waals surface area contributed by atoms with Crippen molar-refractivity contribution in [3.8, 4) is 0 Å². The molecule has 0 heterocycles. The zero-order valence-corrected chi connectivity index (χ0v) is 5.49. The van der Waals surface area contributed by atoms with E-state index < -0.39 is 18.7 Å². The monoisotopic (exact) mass is 146 g/mol. The number of carbonyl (C=O) groups excluding carboxylic acids is 1. The standard InChI is InChI=1S/C6H10O4/c1-2-3-10-6(9)4-5(7)8/h2,5,7-8H,1,3-4H2. The van der Waals surface area contributed by atoms with Gasteiger partial charge in [-0.15, -0.1) is 0 Å². The Morgan fingerprint density at radius 3 is 2.70 bits per heavy atom. The average molecular weight is 146 g/mol. The lowest BCUT2D eigenvalue weighted by Crippen LogP contribution is -2.14. The van der Waals surface area contributed by atoms with E-state index in [9.17, 15) is 4.79 Å². The Bertz CT molecular complexity index is 119. The Morgan fingerprint density at radius 1 is 1.70 bits per heavy atom. The van der Waals surface area contributed by atoms with Crippen LogP contribution in [0.5, 0.6) is 0 Å². The van der Waals surface area contributed by atoms with Crippen LogP contribution in [0.3, 0.4) is 0 Å². The molecular formula is C6H10O4. The van der Waals surface area contributed by atoms with Gasteiger partial charge in [0.2, 0.25) is 0 Å². The molecule has 0 saturated carbocycles. The second kappa shape index (κ2) is 4.96. The summed E-state index contributed by atoms with van der Waals surface area (Å²) in [5.41, 5.74) is 0. The van der Waals surface area contributed by atoms with Gasteiger partial charge in [0.05, 0.1) is 6.42 Å². The van der Waals surface area contributed by atoms with Gasteiger partial charge < -0.3 is 14.9 Å². The van der Waals surface area contributed by atoms with Crippen LogP contribution in [0.1, 0.15) is 6.42 Å². The van der Waals surface area contributed by atoms with Crippen molar-refractivity contribution in [3.63, 3.8) is 0 Å². The van der Waals surface area contributed by atoms with Gasteiger partial charge in [-0.05, 0) is 0 Å². The molecule has 0 spiro atoms. The van der Waals surface area contributed by atoms with E-state index in [4.69, 9.17) is 10.2 Å². The maximum atomic E-state index is 10.4. The summed E-state index contributed by atoms with van der Waals surface area (Å²) in [6, 6.07) is 0. The molecule has 4 nitrogen and oxygen atoms in total. The molecule has 58 valence electrons. The van der Waals surface area contributed by atoms with Gasteiger partial charge in [-0.2, -0.15) is 0 Å². The average Bonchev–Trinajstić information content (AvgIpc) is 1.82. The van der Waals surface area contributed by atoms with Gasteiger partial charge in [0.25, 0.3) is 0 Å². The minimum absolute atomic E-state index is 0.103. The van der Waals surface area contributed by atoms with Crippen LogP contribution < -0.4 is 0 Å². The summed E-state index contributed by atoms with van der Waals surface area (Å²) in [6.07, 6.45) is -0.618. The molecule has 0 saturated heterocycles. The number of esters is 1. The summed E-state index contributed by atoms with van der Waals surface area (Å²) in [5.74, 6) is -0.644. The van der Waals surface area contributed by atoms with Crippen molar-refractivity contribution in [3.05, 3.63) is 12.7 Å². The van der Waals surface area contributed by atoms with Gasteiger partial charge in [0.1, 0.15) is 6.61 Å². The molecule has 0 radical (unpaired) electrons. The molecule has 10 heavy (non-hydrogen) atoms. The van der Waals surface area contributed by atoms with Crippen LogP contribution in [-0.4, -0.2) is 29.1 Å². The molecule has 0 aromatic heterocycles. The van der Waals surface area contributed by atoms with Crippen molar-refractivity contribution < 1.29 is 19.7 Å². The predicted octanol–water partition coefficient (Wildman–Crippen LogP) is -0.584. The largest absolute Gasteiger partial charge is 0.461 e. The first-order chi connectivity index (χ1) is 4.66. The Morgan fingerprint density at radius 2 is 2.30 bits per heavy atom. The third-order valence-electron chi connectivity index (χ3n) is 0.711. The number of aliphatic hydroxyl groups is 2. The number of aliphatic hydroxyl groups excluding tert-OH is 1. The van der Waals surface area contributed by atoms with Gasteiger partial charge in [-0.1, -0.05) is 12.7 Å². The van der Waals surface area contributed by atoms with Crippen LogP contribution in [0.15, 0.2) is 12.7 Å². The van der Waals surface area contributed by atoms with Crippen molar-refractivity contribution in [2.45, 2.75) is 12.7 Å². The summed E-state index contributed by atoms with van der Waals surface area (Å²) in [4.78, 5) is 10.4. The second-order valence-electron chi connectivity index (χ2n) is 1.66. The smallest absolute Gasteiger partial charge is 0.311 e. The van der Waals surface area contributed by atoms with Crippen molar-refractivity contribution in [2.75, 3.05) is 6.61 Å². The molecule has 0 amide bonds. The summed E-state index contributed by atoms with van der Waals surface area (Å²) in [6.45, 7) is 3.41. The van der Waals surface area contributed by atoms with Crippen LogP contribution in [-0.2, 0) is 9.53 Å². The first kappa shape index (κ1) is 9.13. The minimum atomic E-state index is -1.63. The molecule has 0 aromatic rings. The molecule has 0 aliphatic heterocycles. The highest BCUT2D eigenvalue weighted by Gasteiger charge is 2.06. The SMILES string of the molecule is C=CCOC(=O)CC(O)O. The van der Waals surface area contributed by atoms with E-state index in [1.807, 2.05) is 0 Å². The number of ether oxygens (including phenoxy) is 1. The summed E-state index contributed by atoms with van der Waals surface area (Å²) in [7, 11) is 0. The Kier molecular flexibility index (Phi) is 4.53. The van der Waals surface area contributed by atoms with Crippen LogP contribution in [0.2, 0.25) is 0 Å². The molecule has 0 atom stereocenters. The highest BCUT2D eigenvalue weighted by Crippen LogP contribution is 1.89. The van der Waals surface area contributed by atoms with Crippen LogP contribution in [0.25, 0.3) is 0 Å². The van der Waals surface area contributed by atoms with E-state index in [0.717, 1.165) is 0 Å². The zero-order valence-electron chi connectivity index (χ0n) is 5.49. The molecule has 4 heteroatoms. The number of carbonyl (C=O) groups is 1. The third-order valence-corrected chi connectivity index (χ3v) is 0.711. The molecule has 0 aliphatic carbocycles. The molecule has 0 rings (SSSR count). The quantitative estimate of drug-likeness (QED) is 0.316.